The quantitative estimate of drug-likeness (QED) is 0.859. The van der Waals surface area contributed by atoms with E-state index in [2.05, 4.69) is 51.2 Å². The fourth-order valence-corrected chi connectivity index (χ4v) is 2.03. The average Bonchev–Trinajstić information content (AvgIpc) is 2.35. The van der Waals surface area contributed by atoms with Crippen LogP contribution in [0.4, 0.5) is 4.79 Å². The van der Waals surface area contributed by atoms with Gasteiger partial charge in [0.05, 0.1) is 7.11 Å². The maximum atomic E-state index is 10.9. The van der Waals surface area contributed by atoms with Crippen LogP contribution in [0, 0.1) is 0 Å². The molecule has 0 aliphatic rings. The Kier molecular flexibility index (Phi) is 4.81. The zero-order chi connectivity index (χ0) is 14.6. The van der Waals surface area contributed by atoms with E-state index < -0.39 is 6.03 Å². The van der Waals surface area contributed by atoms with E-state index in [1.807, 2.05) is 0 Å². The number of nitrogens with two attached hydrogens (primary N) is 1. The lowest BCUT2D eigenvalue weighted by Gasteiger charge is -2.27. The third-order valence-electron chi connectivity index (χ3n) is 3.33. The highest BCUT2D eigenvalue weighted by atomic mass is 16.5. The Morgan fingerprint density at radius 2 is 2.05 bits per heavy atom. The standard InChI is InChI=1S/C15H24N2O2/c1-10(2)11-6-7-12(13(8-11)19-5)15(3,4)9-17-14(16)18/h6-8,10H,9H2,1-5H3,(H3,16,17,18). The smallest absolute Gasteiger partial charge is 0.312 e. The van der Waals surface area contributed by atoms with Crippen LogP contribution in [0.5, 0.6) is 5.75 Å². The Bertz CT molecular complexity index is 453. The molecule has 0 aromatic heterocycles. The van der Waals surface area contributed by atoms with Gasteiger partial charge >= 0.3 is 6.03 Å². The zero-order valence-corrected chi connectivity index (χ0v) is 12.4. The molecular weight excluding hydrogens is 240 g/mol. The molecule has 3 N–H and O–H groups in total. The molecule has 0 saturated carbocycles. The molecule has 0 fully saturated rings. The number of rotatable bonds is 5. The Morgan fingerprint density at radius 1 is 1.42 bits per heavy atom. The first-order chi connectivity index (χ1) is 8.77. The van der Waals surface area contributed by atoms with Gasteiger partial charge in [0.1, 0.15) is 5.75 Å². The van der Waals surface area contributed by atoms with E-state index in [4.69, 9.17) is 10.5 Å². The molecule has 4 heteroatoms. The summed E-state index contributed by atoms with van der Waals surface area (Å²) in [6.45, 7) is 8.87. The second kappa shape index (κ2) is 5.95. The van der Waals surface area contributed by atoms with Crippen molar-refractivity contribution in [3.63, 3.8) is 0 Å². The van der Waals surface area contributed by atoms with Gasteiger partial charge in [-0.15, -0.1) is 0 Å². The topological polar surface area (TPSA) is 64.3 Å². The van der Waals surface area contributed by atoms with Crippen molar-refractivity contribution in [1.29, 1.82) is 0 Å². The molecule has 106 valence electrons. The first-order valence-electron chi connectivity index (χ1n) is 6.49. The number of ether oxygens (including phenoxy) is 1. The predicted molar refractivity (Wildman–Crippen MR) is 77.7 cm³/mol. The van der Waals surface area contributed by atoms with E-state index in [0.717, 1.165) is 11.3 Å². The van der Waals surface area contributed by atoms with Gasteiger partial charge in [-0.05, 0) is 17.5 Å². The summed E-state index contributed by atoms with van der Waals surface area (Å²) >= 11 is 0. The molecule has 0 bridgehead atoms. The van der Waals surface area contributed by atoms with E-state index >= 15 is 0 Å². The number of methoxy groups -OCH3 is 1. The van der Waals surface area contributed by atoms with Crippen molar-refractivity contribution in [1.82, 2.24) is 5.32 Å². The van der Waals surface area contributed by atoms with Gasteiger partial charge in [0.2, 0.25) is 0 Å². The summed E-state index contributed by atoms with van der Waals surface area (Å²) in [6.07, 6.45) is 0. The SMILES string of the molecule is COc1cc(C(C)C)ccc1C(C)(C)CNC(N)=O. The summed E-state index contributed by atoms with van der Waals surface area (Å²) in [7, 11) is 1.67. The zero-order valence-electron chi connectivity index (χ0n) is 12.4. The molecule has 0 aliphatic carbocycles. The summed E-state index contributed by atoms with van der Waals surface area (Å²) in [5.74, 6) is 1.30. The number of benzene rings is 1. The first-order valence-corrected chi connectivity index (χ1v) is 6.49. The Morgan fingerprint density at radius 3 is 2.53 bits per heavy atom. The van der Waals surface area contributed by atoms with Gasteiger partial charge in [0, 0.05) is 17.5 Å². The molecule has 1 rings (SSSR count). The fourth-order valence-electron chi connectivity index (χ4n) is 2.03. The van der Waals surface area contributed by atoms with Gasteiger partial charge < -0.3 is 15.8 Å². The van der Waals surface area contributed by atoms with Gasteiger partial charge in [0.15, 0.2) is 0 Å². The molecule has 0 atom stereocenters. The Labute approximate surface area is 115 Å². The van der Waals surface area contributed by atoms with Crippen molar-refractivity contribution in [3.05, 3.63) is 29.3 Å². The molecule has 1 aromatic rings. The van der Waals surface area contributed by atoms with Crippen molar-refractivity contribution in [3.8, 4) is 5.75 Å². The summed E-state index contributed by atoms with van der Waals surface area (Å²) < 4.78 is 5.49. The summed E-state index contributed by atoms with van der Waals surface area (Å²) in [6, 6.07) is 5.73. The van der Waals surface area contributed by atoms with Crippen LogP contribution in [0.3, 0.4) is 0 Å². The van der Waals surface area contributed by atoms with E-state index in [1.54, 1.807) is 7.11 Å². The second-order valence-corrected chi connectivity index (χ2v) is 5.72. The molecule has 0 unspecified atom stereocenters. The van der Waals surface area contributed by atoms with Crippen LogP contribution in [0.2, 0.25) is 0 Å². The van der Waals surface area contributed by atoms with Crippen molar-refractivity contribution in [2.75, 3.05) is 13.7 Å². The van der Waals surface area contributed by atoms with Crippen molar-refractivity contribution >= 4 is 6.03 Å². The van der Waals surface area contributed by atoms with Gasteiger partial charge in [-0.1, -0.05) is 39.8 Å². The van der Waals surface area contributed by atoms with Crippen LogP contribution in [-0.4, -0.2) is 19.7 Å². The van der Waals surface area contributed by atoms with E-state index in [-0.39, 0.29) is 5.41 Å². The molecular formula is C15H24N2O2. The highest BCUT2D eigenvalue weighted by Crippen LogP contribution is 2.33. The predicted octanol–water partition coefficient (Wildman–Crippen LogP) is 2.76. The molecule has 2 amide bonds. The number of amides is 2. The maximum absolute atomic E-state index is 10.9. The van der Waals surface area contributed by atoms with Crippen molar-refractivity contribution in [2.45, 2.75) is 39.0 Å². The van der Waals surface area contributed by atoms with E-state index in [9.17, 15) is 4.79 Å². The number of hydrogen-bond acceptors (Lipinski definition) is 2. The molecule has 0 radical (unpaired) electrons. The molecule has 1 aromatic carbocycles. The van der Waals surface area contributed by atoms with Gasteiger partial charge in [0.25, 0.3) is 0 Å². The normalized spacial score (nSPS) is 11.5. The molecule has 0 spiro atoms. The minimum atomic E-state index is -0.508. The van der Waals surface area contributed by atoms with Crippen LogP contribution in [0.15, 0.2) is 18.2 Å². The Balaban J connectivity index is 3.07. The molecule has 0 saturated heterocycles. The van der Waals surface area contributed by atoms with Crippen LogP contribution in [0.1, 0.15) is 44.7 Å². The second-order valence-electron chi connectivity index (χ2n) is 5.72. The van der Waals surface area contributed by atoms with Crippen LogP contribution >= 0.6 is 0 Å². The highest BCUT2D eigenvalue weighted by Gasteiger charge is 2.25. The largest absolute Gasteiger partial charge is 0.496 e. The van der Waals surface area contributed by atoms with Crippen LogP contribution < -0.4 is 15.8 Å². The van der Waals surface area contributed by atoms with Crippen LogP contribution in [-0.2, 0) is 5.41 Å². The third-order valence-corrected chi connectivity index (χ3v) is 3.33. The first kappa shape index (κ1) is 15.3. The highest BCUT2D eigenvalue weighted by molar-refractivity contribution is 5.71. The lowest BCUT2D eigenvalue weighted by Crippen LogP contribution is -2.39. The van der Waals surface area contributed by atoms with Gasteiger partial charge in [-0.3, -0.25) is 0 Å². The lowest BCUT2D eigenvalue weighted by molar-refractivity contribution is 0.246. The molecule has 0 aliphatic heterocycles. The molecule has 19 heavy (non-hydrogen) atoms. The van der Waals surface area contributed by atoms with Gasteiger partial charge in [-0.25, -0.2) is 4.79 Å². The minimum Gasteiger partial charge on any atom is -0.496 e. The summed E-state index contributed by atoms with van der Waals surface area (Å²) in [5.41, 5.74) is 7.19. The summed E-state index contributed by atoms with van der Waals surface area (Å²) in [5, 5.41) is 2.66. The third kappa shape index (κ3) is 3.88. The van der Waals surface area contributed by atoms with E-state index in [0.29, 0.717) is 12.5 Å². The summed E-state index contributed by atoms with van der Waals surface area (Å²) in [4.78, 5) is 10.9. The van der Waals surface area contributed by atoms with Crippen molar-refractivity contribution < 1.29 is 9.53 Å². The minimum absolute atomic E-state index is 0.240. The number of primary amides is 1. The van der Waals surface area contributed by atoms with Crippen LogP contribution in [0.25, 0.3) is 0 Å². The fraction of sp³-hybridized carbons (Fsp3) is 0.533. The van der Waals surface area contributed by atoms with Crippen molar-refractivity contribution in [2.24, 2.45) is 5.73 Å². The molecule has 4 nitrogen and oxygen atoms in total. The Hall–Kier alpha value is -1.71. The maximum Gasteiger partial charge on any atom is 0.312 e. The average molecular weight is 264 g/mol. The van der Waals surface area contributed by atoms with E-state index in [1.165, 1.54) is 5.56 Å². The lowest BCUT2D eigenvalue weighted by atomic mass is 9.82. The molecule has 0 heterocycles. The number of urea groups is 1. The number of nitrogens with one attached hydrogen (secondary N) is 1. The monoisotopic (exact) mass is 264 g/mol. The number of carbonyl (C=O) groups excluding carboxylic acids is 1. The number of carbonyl (C=O) groups is 1. The van der Waals surface area contributed by atoms with Gasteiger partial charge in [-0.2, -0.15) is 0 Å². The number of hydrogen-bond donors (Lipinski definition) is 2.